The molecule has 0 aromatic heterocycles. The third-order valence-electron chi connectivity index (χ3n) is 2.62. The van der Waals surface area contributed by atoms with E-state index in [9.17, 15) is 4.79 Å². The van der Waals surface area contributed by atoms with Crippen molar-refractivity contribution in [3.05, 3.63) is 58.6 Å². The standard InChI is InChI=1S/C14H13ClN2OS/c15-12-7-11(5-6-13(12)16)19-8-9-1-3-10(4-2-9)14(17)18/h1-7H,8,16H2,(H2,17,18). The van der Waals surface area contributed by atoms with Gasteiger partial charge in [0.1, 0.15) is 0 Å². The molecule has 0 aliphatic heterocycles. The van der Waals surface area contributed by atoms with Gasteiger partial charge < -0.3 is 11.5 Å². The highest BCUT2D eigenvalue weighted by Crippen LogP contribution is 2.28. The van der Waals surface area contributed by atoms with Gasteiger partial charge in [0.2, 0.25) is 5.91 Å². The molecule has 0 aliphatic rings. The summed E-state index contributed by atoms with van der Waals surface area (Å²) in [5, 5.41) is 0.564. The van der Waals surface area contributed by atoms with E-state index in [-0.39, 0.29) is 0 Å². The van der Waals surface area contributed by atoms with Crippen molar-refractivity contribution in [1.82, 2.24) is 0 Å². The Balaban J connectivity index is 2.01. The second-order valence-electron chi connectivity index (χ2n) is 4.03. The average Bonchev–Trinajstić information content (AvgIpc) is 2.40. The van der Waals surface area contributed by atoms with E-state index in [1.54, 1.807) is 30.0 Å². The minimum Gasteiger partial charge on any atom is -0.398 e. The van der Waals surface area contributed by atoms with Crippen molar-refractivity contribution in [2.24, 2.45) is 5.73 Å². The first-order valence-electron chi connectivity index (χ1n) is 5.63. The van der Waals surface area contributed by atoms with E-state index in [0.717, 1.165) is 16.2 Å². The summed E-state index contributed by atoms with van der Waals surface area (Å²) in [7, 11) is 0. The van der Waals surface area contributed by atoms with Crippen LogP contribution in [-0.4, -0.2) is 5.91 Å². The number of halogens is 1. The van der Waals surface area contributed by atoms with Gasteiger partial charge in [0, 0.05) is 16.2 Å². The van der Waals surface area contributed by atoms with E-state index in [0.29, 0.717) is 16.3 Å². The number of primary amides is 1. The Morgan fingerprint density at radius 2 is 1.84 bits per heavy atom. The van der Waals surface area contributed by atoms with Gasteiger partial charge in [-0.25, -0.2) is 0 Å². The van der Waals surface area contributed by atoms with E-state index < -0.39 is 5.91 Å². The van der Waals surface area contributed by atoms with Crippen LogP contribution in [-0.2, 0) is 5.75 Å². The molecule has 0 bridgehead atoms. The molecule has 0 heterocycles. The van der Waals surface area contributed by atoms with E-state index in [1.165, 1.54) is 0 Å². The van der Waals surface area contributed by atoms with Gasteiger partial charge in [-0.3, -0.25) is 4.79 Å². The van der Waals surface area contributed by atoms with Crippen LogP contribution in [0.25, 0.3) is 0 Å². The summed E-state index contributed by atoms with van der Waals surface area (Å²) in [5.41, 5.74) is 13.1. The normalized spacial score (nSPS) is 10.4. The topological polar surface area (TPSA) is 69.1 Å². The SMILES string of the molecule is NC(=O)c1ccc(CSc2ccc(N)c(Cl)c2)cc1. The van der Waals surface area contributed by atoms with Gasteiger partial charge in [-0.05, 0) is 35.9 Å². The number of anilines is 1. The van der Waals surface area contributed by atoms with Crippen LogP contribution in [0, 0.1) is 0 Å². The minimum atomic E-state index is -0.412. The van der Waals surface area contributed by atoms with Crippen LogP contribution in [0.15, 0.2) is 47.4 Å². The summed E-state index contributed by atoms with van der Waals surface area (Å²) in [5.74, 6) is 0.378. The largest absolute Gasteiger partial charge is 0.398 e. The maximum Gasteiger partial charge on any atom is 0.248 e. The van der Waals surface area contributed by atoms with Gasteiger partial charge in [0.25, 0.3) is 0 Å². The number of hydrogen-bond acceptors (Lipinski definition) is 3. The van der Waals surface area contributed by atoms with Crippen LogP contribution in [0.3, 0.4) is 0 Å². The van der Waals surface area contributed by atoms with E-state index in [2.05, 4.69) is 0 Å². The molecule has 2 aromatic rings. The molecule has 0 unspecified atom stereocenters. The molecule has 0 fully saturated rings. The van der Waals surface area contributed by atoms with Gasteiger partial charge in [-0.15, -0.1) is 11.8 Å². The summed E-state index contributed by atoms with van der Waals surface area (Å²) in [4.78, 5) is 12.0. The predicted molar refractivity (Wildman–Crippen MR) is 80.4 cm³/mol. The molecule has 0 radical (unpaired) electrons. The van der Waals surface area contributed by atoms with Crippen LogP contribution in [0.2, 0.25) is 5.02 Å². The molecule has 0 aliphatic carbocycles. The fourth-order valence-electron chi connectivity index (χ4n) is 1.53. The molecule has 2 rings (SSSR count). The Hall–Kier alpha value is -1.65. The number of nitrogens with two attached hydrogens (primary N) is 2. The Morgan fingerprint density at radius 3 is 2.42 bits per heavy atom. The first kappa shape index (κ1) is 13.8. The van der Waals surface area contributed by atoms with Crippen LogP contribution < -0.4 is 11.5 Å². The number of carbonyl (C=O) groups excluding carboxylic acids is 1. The first-order chi connectivity index (χ1) is 9.06. The lowest BCUT2D eigenvalue weighted by Gasteiger charge is -2.05. The number of carbonyl (C=O) groups is 1. The Labute approximate surface area is 120 Å². The van der Waals surface area contributed by atoms with Gasteiger partial charge in [0.05, 0.1) is 10.7 Å². The lowest BCUT2D eigenvalue weighted by Crippen LogP contribution is -2.10. The summed E-state index contributed by atoms with van der Waals surface area (Å²) in [6.07, 6.45) is 0. The molecule has 2 aromatic carbocycles. The van der Waals surface area contributed by atoms with Gasteiger partial charge in [-0.1, -0.05) is 23.7 Å². The van der Waals surface area contributed by atoms with Crippen LogP contribution in [0.1, 0.15) is 15.9 Å². The number of amides is 1. The van der Waals surface area contributed by atoms with Crippen molar-refractivity contribution >= 4 is 35.0 Å². The van der Waals surface area contributed by atoms with Crippen molar-refractivity contribution in [3.63, 3.8) is 0 Å². The highest BCUT2D eigenvalue weighted by atomic mass is 35.5. The molecule has 4 N–H and O–H groups in total. The first-order valence-corrected chi connectivity index (χ1v) is 6.99. The molecule has 19 heavy (non-hydrogen) atoms. The summed E-state index contributed by atoms with van der Waals surface area (Å²) >= 11 is 7.62. The summed E-state index contributed by atoms with van der Waals surface area (Å²) < 4.78 is 0. The molecular weight excluding hydrogens is 280 g/mol. The fraction of sp³-hybridized carbons (Fsp3) is 0.0714. The molecule has 0 spiro atoms. The van der Waals surface area contributed by atoms with Crippen molar-refractivity contribution in [3.8, 4) is 0 Å². The maximum atomic E-state index is 11.0. The smallest absolute Gasteiger partial charge is 0.248 e. The molecule has 0 saturated carbocycles. The average molecular weight is 293 g/mol. The molecule has 3 nitrogen and oxygen atoms in total. The molecular formula is C14H13ClN2OS. The van der Waals surface area contributed by atoms with Gasteiger partial charge in [-0.2, -0.15) is 0 Å². The number of thioether (sulfide) groups is 1. The second-order valence-corrected chi connectivity index (χ2v) is 5.49. The quantitative estimate of drug-likeness (QED) is 0.671. The number of benzene rings is 2. The van der Waals surface area contributed by atoms with Crippen LogP contribution >= 0.6 is 23.4 Å². The van der Waals surface area contributed by atoms with Crippen molar-refractivity contribution in [2.45, 2.75) is 10.6 Å². The maximum absolute atomic E-state index is 11.0. The number of hydrogen-bond donors (Lipinski definition) is 2. The highest BCUT2D eigenvalue weighted by molar-refractivity contribution is 7.98. The highest BCUT2D eigenvalue weighted by Gasteiger charge is 2.02. The van der Waals surface area contributed by atoms with E-state index in [4.69, 9.17) is 23.1 Å². The molecule has 1 amide bonds. The molecule has 5 heteroatoms. The van der Waals surface area contributed by atoms with E-state index >= 15 is 0 Å². The third-order valence-corrected chi connectivity index (χ3v) is 4.01. The molecule has 0 atom stereocenters. The van der Waals surface area contributed by atoms with Crippen molar-refractivity contribution in [1.29, 1.82) is 0 Å². The van der Waals surface area contributed by atoms with Crippen LogP contribution in [0.5, 0.6) is 0 Å². The predicted octanol–water partition coefficient (Wildman–Crippen LogP) is 3.31. The number of rotatable bonds is 4. The fourth-order valence-corrected chi connectivity index (χ4v) is 2.67. The lowest BCUT2D eigenvalue weighted by molar-refractivity contribution is 0.100. The Morgan fingerprint density at radius 1 is 1.16 bits per heavy atom. The Kier molecular flexibility index (Phi) is 4.35. The van der Waals surface area contributed by atoms with Gasteiger partial charge in [0.15, 0.2) is 0 Å². The monoisotopic (exact) mass is 292 g/mol. The zero-order valence-corrected chi connectivity index (χ0v) is 11.7. The summed E-state index contributed by atoms with van der Waals surface area (Å²) in [6.45, 7) is 0. The third kappa shape index (κ3) is 3.66. The lowest BCUT2D eigenvalue weighted by atomic mass is 10.1. The molecule has 0 saturated heterocycles. The van der Waals surface area contributed by atoms with Gasteiger partial charge >= 0.3 is 0 Å². The number of nitrogen functional groups attached to an aromatic ring is 1. The van der Waals surface area contributed by atoms with Crippen molar-refractivity contribution in [2.75, 3.05) is 5.73 Å². The zero-order valence-electron chi connectivity index (χ0n) is 10.1. The zero-order chi connectivity index (χ0) is 13.8. The van der Waals surface area contributed by atoms with Crippen LogP contribution in [0.4, 0.5) is 5.69 Å². The molecule has 98 valence electrons. The summed E-state index contributed by atoms with van der Waals surface area (Å²) in [6, 6.07) is 12.8. The van der Waals surface area contributed by atoms with Crippen molar-refractivity contribution < 1.29 is 4.79 Å². The second kappa shape index (κ2) is 5.99. The Bertz CT molecular complexity index is 599. The minimum absolute atomic E-state index is 0.412. The van der Waals surface area contributed by atoms with E-state index in [1.807, 2.05) is 24.3 Å².